The van der Waals surface area contributed by atoms with Gasteiger partial charge in [-0.3, -0.25) is 5.32 Å². The summed E-state index contributed by atoms with van der Waals surface area (Å²) in [6.45, 7) is 0. The maximum absolute atomic E-state index is 13.3. The Hall–Kier alpha value is -2.06. The molecule has 2 N–H and O–H groups in total. The molecule has 2 amide bonds. The summed E-state index contributed by atoms with van der Waals surface area (Å²) < 4.78 is 0.959. The molecular formula is C23H29N3O3S2. The van der Waals surface area contributed by atoms with Crippen molar-refractivity contribution >= 4 is 40.2 Å². The summed E-state index contributed by atoms with van der Waals surface area (Å²) in [4.78, 5) is 31.8. The van der Waals surface area contributed by atoms with Crippen molar-refractivity contribution < 1.29 is 14.7 Å². The first kappa shape index (κ1) is 22.1. The van der Waals surface area contributed by atoms with E-state index in [9.17, 15) is 9.59 Å². The second-order valence-electron chi connectivity index (χ2n) is 8.34. The van der Waals surface area contributed by atoms with Crippen molar-refractivity contribution in [3.63, 3.8) is 0 Å². The van der Waals surface area contributed by atoms with Gasteiger partial charge in [0.05, 0.1) is 16.0 Å². The van der Waals surface area contributed by atoms with Gasteiger partial charge in [0, 0.05) is 17.0 Å². The van der Waals surface area contributed by atoms with Gasteiger partial charge >= 0.3 is 12.0 Å². The second-order valence-corrected chi connectivity index (χ2v) is 10.7. The van der Waals surface area contributed by atoms with E-state index in [0.29, 0.717) is 17.2 Å². The number of amides is 2. The van der Waals surface area contributed by atoms with Crippen molar-refractivity contribution in [1.29, 1.82) is 0 Å². The molecular weight excluding hydrogens is 430 g/mol. The van der Waals surface area contributed by atoms with E-state index >= 15 is 0 Å². The quantitative estimate of drug-likeness (QED) is 0.516. The number of urea groups is 1. The zero-order valence-corrected chi connectivity index (χ0v) is 19.2. The minimum Gasteiger partial charge on any atom is -0.478 e. The number of hydrogen-bond acceptors (Lipinski definition) is 5. The van der Waals surface area contributed by atoms with Gasteiger partial charge in [0.2, 0.25) is 0 Å². The van der Waals surface area contributed by atoms with Crippen molar-refractivity contribution in [3.8, 4) is 0 Å². The molecule has 6 nitrogen and oxygen atoms in total. The predicted octanol–water partition coefficient (Wildman–Crippen LogP) is 6.49. The number of thiazole rings is 1. The van der Waals surface area contributed by atoms with Gasteiger partial charge in [-0.25, -0.2) is 14.6 Å². The minimum absolute atomic E-state index is 0.00416. The van der Waals surface area contributed by atoms with Crippen LogP contribution in [0.25, 0.3) is 0 Å². The third-order valence-electron chi connectivity index (χ3n) is 6.19. The molecule has 2 aliphatic rings. The Bertz CT molecular complexity index is 870. The van der Waals surface area contributed by atoms with Gasteiger partial charge in [-0.2, -0.15) is 0 Å². The third kappa shape index (κ3) is 5.80. The fraction of sp³-hybridized carbons (Fsp3) is 0.522. The number of nitrogens with zero attached hydrogens (tertiary/aromatic N) is 2. The Morgan fingerprint density at radius 1 is 0.968 bits per heavy atom. The molecule has 166 valence electrons. The summed E-state index contributed by atoms with van der Waals surface area (Å²) in [5.74, 6) is -0.931. The summed E-state index contributed by atoms with van der Waals surface area (Å²) in [7, 11) is 0. The lowest BCUT2D eigenvalue weighted by Crippen LogP contribution is -2.50. The topological polar surface area (TPSA) is 82.5 Å². The Balaban J connectivity index is 1.41. The van der Waals surface area contributed by atoms with Gasteiger partial charge < -0.3 is 10.0 Å². The van der Waals surface area contributed by atoms with Crippen molar-refractivity contribution in [2.24, 2.45) is 0 Å². The van der Waals surface area contributed by atoms with Gasteiger partial charge in [0.15, 0.2) is 5.13 Å². The lowest BCUT2D eigenvalue weighted by molar-refractivity contribution is 0.0696. The van der Waals surface area contributed by atoms with Gasteiger partial charge in [-0.15, -0.1) is 0 Å². The zero-order valence-electron chi connectivity index (χ0n) is 17.6. The van der Waals surface area contributed by atoms with Crippen LogP contribution in [0.5, 0.6) is 0 Å². The highest BCUT2D eigenvalue weighted by Crippen LogP contribution is 2.35. The van der Waals surface area contributed by atoms with E-state index < -0.39 is 5.97 Å². The lowest BCUT2D eigenvalue weighted by Gasteiger charge is -2.41. The Morgan fingerprint density at radius 3 is 2.10 bits per heavy atom. The molecule has 1 heterocycles. The van der Waals surface area contributed by atoms with E-state index in [-0.39, 0.29) is 11.6 Å². The average Bonchev–Trinajstić information content (AvgIpc) is 3.22. The Morgan fingerprint density at radius 2 is 1.55 bits per heavy atom. The van der Waals surface area contributed by atoms with Crippen LogP contribution in [0.3, 0.4) is 0 Å². The number of carbonyl (C=O) groups excluding carboxylic acids is 1. The van der Waals surface area contributed by atoms with E-state index in [2.05, 4.69) is 15.2 Å². The van der Waals surface area contributed by atoms with Crippen LogP contribution in [-0.2, 0) is 0 Å². The fourth-order valence-electron chi connectivity index (χ4n) is 4.65. The SMILES string of the molecule is O=C(O)c1ccc(Sc2cnc(NC(=O)N(C3CCCCC3)C3CCCCC3)s2)cc1. The molecule has 0 spiro atoms. The van der Waals surface area contributed by atoms with E-state index in [0.717, 1.165) is 34.8 Å². The first-order valence-corrected chi connectivity index (χ1v) is 12.8. The molecule has 8 heteroatoms. The number of benzene rings is 1. The van der Waals surface area contributed by atoms with Gasteiger partial charge in [0.1, 0.15) is 0 Å². The highest BCUT2D eigenvalue weighted by molar-refractivity contribution is 8.01. The normalized spacial score (nSPS) is 17.9. The number of aromatic carboxylic acids is 1. The van der Waals surface area contributed by atoms with E-state index in [1.54, 1.807) is 30.5 Å². The van der Waals surface area contributed by atoms with Gasteiger partial charge in [-0.1, -0.05) is 61.6 Å². The maximum Gasteiger partial charge on any atom is 0.335 e. The Kier molecular flexibility index (Phi) is 7.50. The van der Waals surface area contributed by atoms with Crippen LogP contribution in [0.1, 0.15) is 74.6 Å². The standard InChI is InChI=1S/C23H29N3O3S2/c27-21(28)16-11-13-19(14-12-16)30-20-15-24-22(31-20)25-23(29)26(17-7-3-1-4-8-17)18-9-5-2-6-10-18/h11-15,17-18H,1-10H2,(H,27,28)(H,24,25,29). The molecule has 0 unspecified atom stereocenters. The first-order valence-electron chi connectivity index (χ1n) is 11.2. The molecule has 2 saturated carbocycles. The highest BCUT2D eigenvalue weighted by atomic mass is 32.2. The smallest absolute Gasteiger partial charge is 0.335 e. The molecule has 0 aliphatic heterocycles. The van der Waals surface area contributed by atoms with Crippen LogP contribution in [0.2, 0.25) is 0 Å². The monoisotopic (exact) mass is 459 g/mol. The number of carbonyl (C=O) groups is 2. The Labute approximate surface area is 191 Å². The van der Waals surface area contributed by atoms with Crippen LogP contribution < -0.4 is 5.32 Å². The molecule has 0 atom stereocenters. The molecule has 1 aromatic carbocycles. The van der Waals surface area contributed by atoms with E-state index in [1.165, 1.54) is 61.6 Å². The highest BCUT2D eigenvalue weighted by Gasteiger charge is 2.32. The molecule has 4 rings (SSSR count). The second kappa shape index (κ2) is 10.5. The summed E-state index contributed by atoms with van der Waals surface area (Å²) in [5.41, 5.74) is 0.270. The number of carboxylic acids is 1. The van der Waals surface area contributed by atoms with Crippen LogP contribution >= 0.6 is 23.1 Å². The first-order chi connectivity index (χ1) is 15.1. The van der Waals surface area contributed by atoms with Gasteiger partial charge in [-0.05, 0) is 49.9 Å². The number of rotatable bonds is 6. The van der Waals surface area contributed by atoms with Crippen molar-refractivity contribution in [2.75, 3.05) is 5.32 Å². The molecule has 0 radical (unpaired) electrons. The zero-order chi connectivity index (χ0) is 21.6. The number of nitrogens with one attached hydrogen (secondary N) is 1. The van der Waals surface area contributed by atoms with E-state index in [4.69, 9.17) is 5.11 Å². The fourth-order valence-corrected chi connectivity index (χ4v) is 6.49. The maximum atomic E-state index is 13.3. The molecule has 2 aromatic rings. The number of anilines is 1. The molecule has 0 bridgehead atoms. The molecule has 2 aliphatic carbocycles. The molecule has 1 aromatic heterocycles. The number of hydrogen-bond donors (Lipinski definition) is 2. The molecule has 31 heavy (non-hydrogen) atoms. The van der Waals surface area contributed by atoms with Crippen molar-refractivity contribution in [2.45, 2.75) is 85.4 Å². The van der Waals surface area contributed by atoms with Gasteiger partial charge in [0.25, 0.3) is 0 Å². The van der Waals surface area contributed by atoms with E-state index in [1.807, 2.05) is 0 Å². The van der Waals surface area contributed by atoms with Crippen molar-refractivity contribution in [1.82, 2.24) is 9.88 Å². The van der Waals surface area contributed by atoms with Crippen LogP contribution in [0.4, 0.5) is 9.93 Å². The minimum atomic E-state index is -0.931. The molecule has 0 saturated heterocycles. The third-order valence-corrected chi connectivity index (χ3v) is 8.21. The van der Waals surface area contributed by atoms with Crippen LogP contribution in [0.15, 0.2) is 39.6 Å². The average molecular weight is 460 g/mol. The van der Waals surface area contributed by atoms with Crippen LogP contribution in [0, 0.1) is 0 Å². The molecule has 2 fully saturated rings. The number of carboxylic acid groups (broad SMARTS) is 1. The number of aromatic nitrogens is 1. The largest absolute Gasteiger partial charge is 0.478 e. The van der Waals surface area contributed by atoms with Crippen LogP contribution in [-0.4, -0.2) is 39.1 Å². The summed E-state index contributed by atoms with van der Waals surface area (Å²) in [6.07, 6.45) is 13.6. The summed E-state index contributed by atoms with van der Waals surface area (Å²) in [5, 5.41) is 12.7. The van der Waals surface area contributed by atoms with Crippen molar-refractivity contribution in [3.05, 3.63) is 36.0 Å². The summed E-state index contributed by atoms with van der Waals surface area (Å²) >= 11 is 2.97. The predicted molar refractivity (Wildman–Crippen MR) is 124 cm³/mol. The summed E-state index contributed by atoms with van der Waals surface area (Å²) in [6, 6.07) is 7.47. The lowest BCUT2D eigenvalue weighted by atomic mass is 9.89.